The average Bonchev–Trinajstić information content (AvgIpc) is 3.32. The second-order valence-corrected chi connectivity index (χ2v) is 7.99. The lowest BCUT2D eigenvalue weighted by Crippen LogP contribution is -2.25. The van der Waals surface area contributed by atoms with Crippen LogP contribution in [0.15, 0.2) is 36.5 Å². The summed E-state index contributed by atoms with van der Waals surface area (Å²) >= 11 is 1.36. The van der Waals surface area contributed by atoms with E-state index in [1.54, 1.807) is 14.2 Å². The number of carbonyl (C=O) groups is 1. The van der Waals surface area contributed by atoms with Crippen LogP contribution in [0.2, 0.25) is 0 Å². The van der Waals surface area contributed by atoms with E-state index < -0.39 is 0 Å². The first kappa shape index (κ1) is 20.3. The standard InChI is InChI=1S/C22H24N4O3S/c1-14-18-21(29-3)24-17(13-28-2)25-22(18)30-19(14)20(27)23-10-6-11-26-12-9-15-7-4-5-8-16(15)26/h4-5,7-9,12H,6,10-11,13H2,1-3H3,(H,23,27). The summed E-state index contributed by atoms with van der Waals surface area (Å²) in [6, 6.07) is 10.4. The third-order valence-corrected chi connectivity index (χ3v) is 6.20. The highest BCUT2D eigenvalue weighted by atomic mass is 32.1. The maximum atomic E-state index is 12.8. The Balaban J connectivity index is 1.44. The van der Waals surface area contributed by atoms with Crippen LogP contribution in [-0.4, -0.2) is 41.2 Å². The summed E-state index contributed by atoms with van der Waals surface area (Å²) in [5.41, 5.74) is 2.05. The van der Waals surface area contributed by atoms with Gasteiger partial charge in [0.05, 0.1) is 17.4 Å². The van der Waals surface area contributed by atoms with E-state index in [0.29, 0.717) is 29.7 Å². The van der Waals surface area contributed by atoms with Crippen molar-refractivity contribution in [2.24, 2.45) is 0 Å². The van der Waals surface area contributed by atoms with Crippen LogP contribution in [0, 0.1) is 6.92 Å². The molecule has 3 heterocycles. The number of para-hydroxylation sites is 1. The fourth-order valence-electron chi connectivity index (χ4n) is 3.57. The number of thiophene rings is 1. The van der Waals surface area contributed by atoms with E-state index in [4.69, 9.17) is 9.47 Å². The number of benzene rings is 1. The largest absolute Gasteiger partial charge is 0.480 e. The van der Waals surface area contributed by atoms with Gasteiger partial charge in [-0.3, -0.25) is 4.79 Å². The molecule has 0 saturated heterocycles. The molecule has 0 fully saturated rings. The van der Waals surface area contributed by atoms with Crippen molar-refractivity contribution in [1.29, 1.82) is 0 Å². The normalized spacial score (nSPS) is 11.3. The maximum Gasteiger partial charge on any atom is 0.261 e. The molecule has 0 bridgehead atoms. The van der Waals surface area contributed by atoms with Crippen molar-refractivity contribution in [3.63, 3.8) is 0 Å². The molecule has 156 valence electrons. The van der Waals surface area contributed by atoms with Crippen LogP contribution >= 0.6 is 11.3 Å². The van der Waals surface area contributed by atoms with Crippen molar-refractivity contribution in [3.05, 3.63) is 52.8 Å². The lowest BCUT2D eigenvalue weighted by Gasteiger charge is -2.07. The molecule has 0 atom stereocenters. The van der Waals surface area contributed by atoms with Crippen LogP contribution in [0.3, 0.4) is 0 Å². The summed E-state index contributed by atoms with van der Waals surface area (Å²) < 4.78 is 12.8. The smallest absolute Gasteiger partial charge is 0.261 e. The summed E-state index contributed by atoms with van der Waals surface area (Å²) in [6.07, 6.45) is 2.93. The molecule has 0 unspecified atom stereocenters. The maximum absolute atomic E-state index is 12.8. The Hall–Kier alpha value is -2.97. The van der Waals surface area contributed by atoms with E-state index in [0.717, 1.165) is 28.7 Å². The highest BCUT2D eigenvalue weighted by Gasteiger charge is 2.21. The Bertz CT molecular complexity index is 1200. The van der Waals surface area contributed by atoms with Gasteiger partial charge in [0, 0.05) is 31.9 Å². The quantitative estimate of drug-likeness (QED) is 0.434. The second-order valence-electron chi connectivity index (χ2n) is 7.00. The molecule has 1 aromatic carbocycles. The zero-order valence-corrected chi connectivity index (χ0v) is 18.1. The lowest BCUT2D eigenvalue weighted by atomic mass is 10.2. The Morgan fingerprint density at radius 3 is 2.83 bits per heavy atom. The van der Waals surface area contributed by atoms with Crippen LogP contribution in [0.25, 0.3) is 21.1 Å². The molecule has 0 saturated carbocycles. The van der Waals surface area contributed by atoms with E-state index in [1.165, 1.54) is 22.2 Å². The molecule has 1 amide bonds. The summed E-state index contributed by atoms with van der Waals surface area (Å²) in [7, 11) is 3.16. The molecule has 0 aliphatic carbocycles. The summed E-state index contributed by atoms with van der Waals surface area (Å²) in [5, 5.41) is 5.04. The van der Waals surface area contributed by atoms with Crippen LogP contribution in [-0.2, 0) is 17.9 Å². The van der Waals surface area contributed by atoms with Gasteiger partial charge < -0.3 is 19.4 Å². The molecule has 4 aromatic rings. The topological polar surface area (TPSA) is 78.3 Å². The average molecular weight is 425 g/mol. The Kier molecular flexibility index (Phi) is 5.96. The van der Waals surface area contributed by atoms with E-state index in [2.05, 4.69) is 44.2 Å². The van der Waals surface area contributed by atoms with Gasteiger partial charge >= 0.3 is 0 Å². The highest BCUT2D eigenvalue weighted by Crippen LogP contribution is 2.35. The number of fused-ring (bicyclic) bond motifs is 2. The number of methoxy groups -OCH3 is 2. The molecule has 30 heavy (non-hydrogen) atoms. The van der Waals surface area contributed by atoms with Crippen molar-refractivity contribution < 1.29 is 14.3 Å². The van der Waals surface area contributed by atoms with E-state index >= 15 is 0 Å². The van der Waals surface area contributed by atoms with Gasteiger partial charge in [-0.05, 0) is 36.4 Å². The molecule has 3 aromatic heterocycles. The second kappa shape index (κ2) is 8.81. The number of aryl methyl sites for hydroxylation is 2. The zero-order chi connectivity index (χ0) is 21.1. The van der Waals surface area contributed by atoms with Crippen LogP contribution < -0.4 is 10.1 Å². The third kappa shape index (κ3) is 3.88. The van der Waals surface area contributed by atoms with E-state index in [1.807, 2.05) is 19.1 Å². The third-order valence-electron chi connectivity index (χ3n) is 5.02. The van der Waals surface area contributed by atoms with Gasteiger partial charge in [0.25, 0.3) is 5.91 Å². The zero-order valence-electron chi connectivity index (χ0n) is 17.3. The molecule has 0 aliphatic rings. The summed E-state index contributed by atoms with van der Waals surface area (Å²) in [5.74, 6) is 0.913. The minimum atomic E-state index is -0.0943. The number of aromatic nitrogens is 3. The van der Waals surface area contributed by atoms with Crippen molar-refractivity contribution in [2.45, 2.75) is 26.5 Å². The monoisotopic (exact) mass is 424 g/mol. The van der Waals surface area contributed by atoms with Crippen LogP contribution in [0.1, 0.15) is 27.5 Å². The number of carbonyl (C=O) groups excluding carboxylic acids is 1. The predicted molar refractivity (Wildman–Crippen MR) is 118 cm³/mol. The first-order valence-electron chi connectivity index (χ1n) is 9.77. The Morgan fingerprint density at radius 1 is 1.20 bits per heavy atom. The van der Waals surface area contributed by atoms with Gasteiger partial charge in [0.2, 0.25) is 5.88 Å². The van der Waals surface area contributed by atoms with Gasteiger partial charge in [-0.2, -0.15) is 4.98 Å². The molecule has 8 heteroatoms. The predicted octanol–water partition coefficient (Wildman–Crippen LogP) is 3.93. The number of ether oxygens (including phenoxy) is 2. The van der Waals surface area contributed by atoms with Crippen molar-refractivity contribution in [1.82, 2.24) is 19.9 Å². The van der Waals surface area contributed by atoms with E-state index in [-0.39, 0.29) is 5.91 Å². The van der Waals surface area contributed by atoms with Gasteiger partial charge in [0.15, 0.2) is 5.82 Å². The first-order valence-corrected chi connectivity index (χ1v) is 10.6. The van der Waals surface area contributed by atoms with Crippen LogP contribution in [0.5, 0.6) is 5.88 Å². The minimum absolute atomic E-state index is 0.0943. The molecule has 1 N–H and O–H groups in total. The van der Waals surface area contributed by atoms with Crippen molar-refractivity contribution >= 4 is 38.4 Å². The number of nitrogens with one attached hydrogen (secondary N) is 1. The van der Waals surface area contributed by atoms with Gasteiger partial charge in [-0.1, -0.05) is 18.2 Å². The molecular weight excluding hydrogens is 400 g/mol. The molecule has 0 spiro atoms. The molecule has 7 nitrogen and oxygen atoms in total. The van der Waals surface area contributed by atoms with E-state index in [9.17, 15) is 4.79 Å². The fraction of sp³-hybridized carbons (Fsp3) is 0.318. The fourth-order valence-corrected chi connectivity index (χ4v) is 4.68. The number of nitrogens with zero attached hydrogens (tertiary/aromatic N) is 3. The Labute approximate surface area is 178 Å². The Morgan fingerprint density at radius 2 is 2.03 bits per heavy atom. The number of hydrogen-bond donors (Lipinski definition) is 1. The minimum Gasteiger partial charge on any atom is -0.480 e. The first-order chi connectivity index (χ1) is 14.6. The molecular formula is C22H24N4O3S. The van der Waals surface area contributed by atoms with Gasteiger partial charge in [-0.25, -0.2) is 4.98 Å². The van der Waals surface area contributed by atoms with Gasteiger partial charge in [0.1, 0.15) is 11.4 Å². The summed E-state index contributed by atoms with van der Waals surface area (Å²) in [6.45, 7) is 3.63. The number of amides is 1. The number of rotatable bonds is 8. The molecule has 4 rings (SSSR count). The van der Waals surface area contributed by atoms with Crippen LogP contribution in [0.4, 0.5) is 0 Å². The van der Waals surface area contributed by atoms with Crippen molar-refractivity contribution in [2.75, 3.05) is 20.8 Å². The lowest BCUT2D eigenvalue weighted by molar-refractivity contribution is 0.0956. The van der Waals surface area contributed by atoms with Gasteiger partial charge in [-0.15, -0.1) is 11.3 Å². The van der Waals surface area contributed by atoms with Crippen molar-refractivity contribution in [3.8, 4) is 5.88 Å². The molecule has 0 aliphatic heterocycles. The number of hydrogen-bond acceptors (Lipinski definition) is 6. The summed E-state index contributed by atoms with van der Waals surface area (Å²) in [4.78, 5) is 23.1. The highest BCUT2D eigenvalue weighted by molar-refractivity contribution is 7.20. The SMILES string of the molecule is COCc1nc(OC)c2c(C)c(C(=O)NCCCn3ccc4ccccc43)sc2n1. The molecule has 0 radical (unpaired) electrons.